The van der Waals surface area contributed by atoms with E-state index in [1.54, 1.807) is 0 Å². The number of pyridine rings is 1. The Hall–Kier alpha value is -3.80. The van der Waals surface area contributed by atoms with Crippen molar-refractivity contribution in [1.82, 2.24) is 4.98 Å². The van der Waals surface area contributed by atoms with Crippen LogP contribution < -0.4 is 21.1 Å². The molecule has 6 nitrogen and oxygen atoms in total. The Morgan fingerprint density at radius 1 is 0.938 bits per heavy atom. The molecule has 0 fully saturated rings. The predicted molar refractivity (Wildman–Crippen MR) is 126 cm³/mol. The second kappa shape index (κ2) is 10.5. The number of ether oxygens (including phenoxy) is 2. The summed E-state index contributed by atoms with van der Waals surface area (Å²) in [5.74, 6) is 7.04. The van der Waals surface area contributed by atoms with E-state index in [1.807, 2.05) is 48.5 Å². The van der Waals surface area contributed by atoms with Crippen molar-refractivity contribution in [2.45, 2.75) is 38.9 Å². The number of allylic oxidation sites excluding steroid dienone is 2. The summed E-state index contributed by atoms with van der Waals surface area (Å²) in [6, 6.07) is 19.5. The molecule has 0 bridgehead atoms. The summed E-state index contributed by atoms with van der Waals surface area (Å²) in [6.07, 6.45) is 8.73. The van der Waals surface area contributed by atoms with E-state index in [0.29, 0.717) is 19.0 Å². The Morgan fingerprint density at radius 2 is 1.75 bits per heavy atom. The number of hydrogen-bond acceptors (Lipinski definition) is 5. The number of amidine groups is 1. The van der Waals surface area contributed by atoms with Crippen LogP contribution in [0.3, 0.4) is 0 Å². The van der Waals surface area contributed by atoms with E-state index in [-0.39, 0.29) is 5.84 Å². The lowest BCUT2D eigenvalue weighted by atomic mass is 10.0. The van der Waals surface area contributed by atoms with Crippen molar-refractivity contribution >= 4 is 5.84 Å². The molecule has 32 heavy (non-hydrogen) atoms. The first-order valence-electron chi connectivity index (χ1n) is 10.8. The number of nitrogens with two attached hydrogens (primary N) is 2. The van der Waals surface area contributed by atoms with Crippen LogP contribution in [0.5, 0.6) is 11.5 Å². The first kappa shape index (κ1) is 21.4. The predicted octanol–water partition coefficient (Wildman–Crippen LogP) is 4.25. The summed E-state index contributed by atoms with van der Waals surface area (Å²) in [5.41, 5.74) is 11.0. The van der Waals surface area contributed by atoms with Crippen LogP contribution in [0.2, 0.25) is 0 Å². The van der Waals surface area contributed by atoms with Crippen molar-refractivity contribution in [1.29, 1.82) is 0 Å². The Labute approximate surface area is 188 Å². The zero-order valence-electron chi connectivity index (χ0n) is 18.0. The van der Waals surface area contributed by atoms with E-state index in [4.69, 9.17) is 26.0 Å². The van der Waals surface area contributed by atoms with Gasteiger partial charge in [0.25, 0.3) is 0 Å². The summed E-state index contributed by atoms with van der Waals surface area (Å²) in [6.45, 7) is 0.753. The van der Waals surface area contributed by atoms with Gasteiger partial charge in [-0.2, -0.15) is 5.10 Å². The molecule has 164 valence electrons. The van der Waals surface area contributed by atoms with Gasteiger partial charge in [-0.25, -0.2) is 0 Å². The third kappa shape index (κ3) is 5.46. The van der Waals surface area contributed by atoms with Crippen molar-refractivity contribution in [2.24, 2.45) is 16.7 Å². The van der Waals surface area contributed by atoms with Crippen molar-refractivity contribution in [3.63, 3.8) is 0 Å². The number of aromatic nitrogens is 1. The zero-order chi connectivity index (χ0) is 22.2. The number of fused-ring (bicyclic) bond motifs is 1. The highest BCUT2D eigenvalue weighted by molar-refractivity contribution is 5.98. The molecule has 0 saturated carbocycles. The summed E-state index contributed by atoms with van der Waals surface area (Å²) in [4.78, 5) is 4.82. The monoisotopic (exact) mass is 428 g/mol. The average molecular weight is 429 g/mol. The molecule has 0 radical (unpaired) electrons. The van der Waals surface area contributed by atoms with Crippen LogP contribution in [0, 0.1) is 0 Å². The minimum atomic E-state index is 0.278. The lowest BCUT2D eigenvalue weighted by molar-refractivity contribution is 0.287. The van der Waals surface area contributed by atoms with E-state index >= 15 is 0 Å². The van der Waals surface area contributed by atoms with E-state index in [1.165, 1.54) is 12.0 Å². The highest BCUT2D eigenvalue weighted by atomic mass is 16.5. The largest absolute Gasteiger partial charge is 0.489 e. The first-order chi connectivity index (χ1) is 15.7. The Balaban J connectivity index is 1.39. The fourth-order valence-electron chi connectivity index (χ4n) is 3.72. The topological polar surface area (TPSA) is 95.8 Å². The van der Waals surface area contributed by atoms with Crippen molar-refractivity contribution in [3.05, 3.63) is 101 Å². The molecule has 4 rings (SSSR count). The smallest absolute Gasteiger partial charge is 0.150 e. The van der Waals surface area contributed by atoms with Gasteiger partial charge in [0.15, 0.2) is 5.84 Å². The normalized spacial score (nSPS) is 14.7. The fourth-order valence-corrected chi connectivity index (χ4v) is 3.72. The zero-order valence-corrected chi connectivity index (χ0v) is 18.0. The Bertz CT molecular complexity index is 1120. The van der Waals surface area contributed by atoms with Crippen LogP contribution in [0.1, 0.15) is 40.9 Å². The minimum Gasteiger partial charge on any atom is -0.489 e. The second-order valence-corrected chi connectivity index (χ2v) is 7.70. The first-order valence-corrected chi connectivity index (χ1v) is 10.8. The molecule has 1 aromatic heterocycles. The number of aryl methyl sites for hydroxylation is 1. The molecule has 0 atom stereocenters. The maximum absolute atomic E-state index is 5.99. The molecule has 1 aliphatic rings. The van der Waals surface area contributed by atoms with Gasteiger partial charge in [-0.15, -0.1) is 0 Å². The van der Waals surface area contributed by atoms with Gasteiger partial charge in [0.05, 0.1) is 5.69 Å². The van der Waals surface area contributed by atoms with E-state index < -0.39 is 0 Å². The molecule has 1 heterocycles. The standard InChI is InChI=1S/C26H28N4O2/c27-26(30-28)24-12-6-5-9-20(24)17-31-22-10-7-11-23(16-22)32-18-21-15-14-19-8-3-1-2-4-13-25(19)29-21/h2,4-7,9-12,14-16H,1,3,8,13,17-18,28H2,(H2,27,30)/b4-2-. The maximum atomic E-state index is 5.99. The average Bonchev–Trinajstić information content (AvgIpc) is 2.82. The van der Waals surface area contributed by atoms with Gasteiger partial charge < -0.3 is 21.1 Å². The van der Waals surface area contributed by atoms with Crippen LogP contribution in [0.15, 0.2) is 77.9 Å². The molecule has 0 amide bonds. The Morgan fingerprint density at radius 3 is 2.59 bits per heavy atom. The molecule has 6 heteroatoms. The molecule has 4 N–H and O–H groups in total. The van der Waals surface area contributed by atoms with Gasteiger partial charge >= 0.3 is 0 Å². The Kier molecular flexibility index (Phi) is 7.02. The molecule has 1 aliphatic carbocycles. The lowest BCUT2D eigenvalue weighted by Crippen LogP contribution is -2.18. The van der Waals surface area contributed by atoms with Crippen molar-refractivity contribution in [2.75, 3.05) is 0 Å². The van der Waals surface area contributed by atoms with Crippen LogP contribution in [-0.4, -0.2) is 10.8 Å². The molecule has 0 unspecified atom stereocenters. The van der Waals surface area contributed by atoms with E-state index in [0.717, 1.165) is 47.5 Å². The van der Waals surface area contributed by atoms with E-state index in [2.05, 4.69) is 29.4 Å². The van der Waals surface area contributed by atoms with Gasteiger partial charge in [0.1, 0.15) is 24.7 Å². The molecular weight excluding hydrogens is 400 g/mol. The molecule has 2 aromatic carbocycles. The summed E-state index contributed by atoms with van der Waals surface area (Å²) >= 11 is 0. The quantitative estimate of drug-likeness (QED) is 0.193. The van der Waals surface area contributed by atoms with Crippen LogP contribution >= 0.6 is 0 Å². The molecule has 0 spiro atoms. The third-order valence-corrected chi connectivity index (χ3v) is 5.44. The number of nitrogens with zero attached hydrogens (tertiary/aromatic N) is 2. The SMILES string of the molecule is N/N=C(\N)c1ccccc1COc1cccc(OCc2ccc3c(n2)C/C=C\CCC3)c1. The van der Waals surface area contributed by atoms with Crippen LogP contribution in [0.4, 0.5) is 0 Å². The number of rotatable bonds is 7. The highest BCUT2D eigenvalue weighted by Gasteiger charge is 2.09. The molecule has 0 saturated heterocycles. The minimum absolute atomic E-state index is 0.278. The maximum Gasteiger partial charge on any atom is 0.150 e. The number of hydrogen-bond donors (Lipinski definition) is 2. The van der Waals surface area contributed by atoms with Crippen LogP contribution in [0.25, 0.3) is 0 Å². The summed E-state index contributed by atoms with van der Waals surface area (Å²) < 4.78 is 12.0. The molecule has 3 aromatic rings. The molecule has 0 aliphatic heterocycles. The van der Waals surface area contributed by atoms with Gasteiger partial charge in [-0.3, -0.25) is 4.98 Å². The summed E-state index contributed by atoms with van der Waals surface area (Å²) in [7, 11) is 0. The van der Waals surface area contributed by atoms with Crippen molar-refractivity contribution in [3.8, 4) is 11.5 Å². The number of hydrazone groups is 1. The van der Waals surface area contributed by atoms with Crippen molar-refractivity contribution < 1.29 is 9.47 Å². The molecular formula is C26H28N4O2. The van der Waals surface area contributed by atoms with Gasteiger partial charge in [-0.05, 0) is 43.0 Å². The second-order valence-electron chi connectivity index (χ2n) is 7.70. The van der Waals surface area contributed by atoms with Gasteiger partial charge in [0.2, 0.25) is 0 Å². The number of benzene rings is 2. The third-order valence-electron chi connectivity index (χ3n) is 5.44. The highest BCUT2D eigenvalue weighted by Crippen LogP contribution is 2.23. The summed E-state index contributed by atoms with van der Waals surface area (Å²) in [5, 5.41) is 3.59. The fraction of sp³-hybridized carbons (Fsp3) is 0.231. The van der Waals surface area contributed by atoms with Crippen LogP contribution in [-0.2, 0) is 26.1 Å². The lowest BCUT2D eigenvalue weighted by Gasteiger charge is -2.13. The van der Waals surface area contributed by atoms with Gasteiger partial charge in [-0.1, -0.05) is 48.6 Å². The van der Waals surface area contributed by atoms with E-state index in [9.17, 15) is 0 Å². The van der Waals surface area contributed by atoms with Gasteiger partial charge in [0, 0.05) is 29.3 Å².